The Labute approximate surface area is 129 Å². The molecule has 1 N–H and O–H groups in total. The predicted octanol–water partition coefficient (Wildman–Crippen LogP) is 1.77. The number of hydrogen-bond acceptors (Lipinski definition) is 6. The predicted molar refractivity (Wildman–Crippen MR) is 80.3 cm³/mol. The fourth-order valence-corrected chi connectivity index (χ4v) is 2.70. The first-order valence-corrected chi connectivity index (χ1v) is 7.57. The first-order valence-electron chi connectivity index (χ1n) is 7.57. The van der Waals surface area contributed by atoms with Crippen LogP contribution in [0.4, 0.5) is 0 Å². The number of aryl methyl sites for hydroxylation is 1. The van der Waals surface area contributed by atoms with E-state index in [4.69, 9.17) is 9.26 Å². The maximum Gasteiger partial charge on any atom is 0.223 e. The third kappa shape index (κ3) is 3.84. The summed E-state index contributed by atoms with van der Waals surface area (Å²) >= 11 is 0. The molecule has 0 amide bonds. The summed E-state index contributed by atoms with van der Waals surface area (Å²) in [6.45, 7) is 5.30. The first kappa shape index (κ1) is 15.0. The number of rotatable bonds is 6. The summed E-state index contributed by atoms with van der Waals surface area (Å²) in [4.78, 5) is 6.47. The Hall–Kier alpha value is -1.92. The van der Waals surface area contributed by atoms with Crippen molar-refractivity contribution >= 4 is 0 Å². The Morgan fingerprint density at radius 3 is 2.82 bits per heavy atom. The maximum absolute atomic E-state index is 9.18. The molecule has 1 aromatic heterocycles. The van der Waals surface area contributed by atoms with Crippen molar-refractivity contribution in [1.29, 1.82) is 0 Å². The average Bonchev–Trinajstić information content (AvgIpc) is 3.15. The quantitative estimate of drug-likeness (QED) is 0.877. The number of nitrogens with zero attached hydrogens (tertiary/aromatic N) is 3. The summed E-state index contributed by atoms with van der Waals surface area (Å²) in [6.07, 6.45) is 1.09. The molecule has 0 aliphatic carbocycles. The highest BCUT2D eigenvalue weighted by Gasteiger charge is 2.21. The molecule has 0 bridgehead atoms. The van der Waals surface area contributed by atoms with Crippen LogP contribution in [0.25, 0.3) is 0 Å². The minimum atomic E-state index is 0.291. The van der Waals surface area contributed by atoms with Crippen molar-refractivity contribution < 1.29 is 14.4 Å². The third-order valence-electron chi connectivity index (χ3n) is 3.90. The second-order valence-electron chi connectivity index (χ2n) is 5.73. The lowest BCUT2D eigenvalue weighted by atomic mass is 10.1. The van der Waals surface area contributed by atoms with E-state index in [0.717, 1.165) is 31.8 Å². The monoisotopic (exact) mass is 303 g/mol. The molecule has 1 fully saturated rings. The number of hydrogen-bond donors (Lipinski definition) is 1. The van der Waals surface area contributed by atoms with Gasteiger partial charge in [0.05, 0.1) is 0 Å². The van der Waals surface area contributed by atoms with E-state index in [0.29, 0.717) is 30.8 Å². The number of aliphatic hydroxyl groups is 1. The van der Waals surface area contributed by atoms with Gasteiger partial charge in [0, 0.05) is 26.6 Å². The number of aromatic nitrogens is 2. The van der Waals surface area contributed by atoms with Crippen molar-refractivity contribution in [3.8, 4) is 5.75 Å². The van der Waals surface area contributed by atoms with Crippen molar-refractivity contribution in [3.05, 3.63) is 41.5 Å². The summed E-state index contributed by atoms with van der Waals surface area (Å²) < 4.78 is 10.5. The zero-order valence-corrected chi connectivity index (χ0v) is 12.7. The standard InChI is InChI=1S/C16H21N3O3/c1-12-17-16(18-22-12)11-21-15-4-2-13(3-5-15)8-19-7-6-14(9-19)10-20/h2-5,14,20H,6-11H2,1H3. The van der Waals surface area contributed by atoms with Crippen molar-refractivity contribution in [2.24, 2.45) is 5.92 Å². The molecule has 0 radical (unpaired) electrons. The summed E-state index contributed by atoms with van der Waals surface area (Å²) in [7, 11) is 0. The normalized spacial score (nSPS) is 18.7. The molecule has 1 saturated heterocycles. The van der Waals surface area contributed by atoms with Crippen LogP contribution in [0.5, 0.6) is 5.75 Å². The summed E-state index contributed by atoms with van der Waals surface area (Å²) in [5.74, 6) is 2.32. The van der Waals surface area contributed by atoms with Gasteiger partial charge in [-0.25, -0.2) is 0 Å². The lowest BCUT2D eigenvalue weighted by molar-refractivity contribution is 0.220. The zero-order valence-electron chi connectivity index (χ0n) is 12.7. The van der Waals surface area contributed by atoms with E-state index in [1.807, 2.05) is 12.1 Å². The van der Waals surface area contributed by atoms with Gasteiger partial charge in [0.15, 0.2) is 6.61 Å². The van der Waals surface area contributed by atoms with Crippen LogP contribution >= 0.6 is 0 Å². The molecule has 2 heterocycles. The van der Waals surface area contributed by atoms with Crippen molar-refractivity contribution in [3.63, 3.8) is 0 Å². The lowest BCUT2D eigenvalue weighted by Gasteiger charge is -2.15. The molecule has 1 aromatic carbocycles. The number of ether oxygens (including phenoxy) is 1. The van der Waals surface area contributed by atoms with E-state index in [1.165, 1.54) is 5.56 Å². The SMILES string of the molecule is Cc1nc(COc2ccc(CN3CCC(CO)C3)cc2)no1. The van der Waals surface area contributed by atoms with Gasteiger partial charge in [0.25, 0.3) is 0 Å². The van der Waals surface area contributed by atoms with Crippen molar-refractivity contribution in [2.45, 2.75) is 26.5 Å². The van der Waals surface area contributed by atoms with Crippen molar-refractivity contribution in [1.82, 2.24) is 15.0 Å². The van der Waals surface area contributed by atoms with E-state index in [9.17, 15) is 5.11 Å². The molecule has 6 heteroatoms. The smallest absolute Gasteiger partial charge is 0.223 e. The highest BCUT2D eigenvalue weighted by atomic mass is 16.5. The van der Waals surface area contributed by atoms with Crippen LogP contribution < -0.4 is 4.74 Å². The lowest BCUT2D eigenvalue weighted by Crippen LogP contribution is -2.20. The summed E-state index contributed by atoms with van der Waals surface area (Å²) in [5, 5.41) is 13.0. The van der Waals surface area contributed by atoms with Gasteiger partial charge in [-0.15, -0.1) is 0 Å². The summed E-state index contributed by atoms with van der Waals surface area (Å²) in [5.41, 5.74) is 1.25. The molecule has 1 atom stereocenters. The zero-order chi connectivity index (χ0) is 15.4. The van der Waals surface area contributed by atoms with E-state index >= 15 is 0 Å². The van der Waals surface area contributed by atoms with E-state index < -0.39 is 0 Å². The minimum Gasteiger partial charge on any atom is -0.485 e. The Morgan fingerprint density at radius 1 is 1.36 bits per heavy atom. The van der Waals surface area contributed by atoms with Crippen LogP contribution in [0.15, 0.2) is 28.8 Å². The Bertz CT molecular complexity index is 597. The molecule has 118 valence electrons. The second kappa shape index (κ2) is 6.89. The van der Waals surface area contributed by atoms with Gasteiger partial charge in [-0.05, 0) is 36.6 Å². The highest BCUT2D eigenvalue weighted by molar-refractivity contribution is 5.27. The fraction of sp³-hybridized carbons (Fsp3) is 0.500. The third-order valence-corrected chi connectivity index (χ3v) is 3.90. The Morgan fingerprint density at radius 2 is 2.18 bits per heavy atom. The van der Waals surface area contributed by atoms with Crippen LogP contribution in [0.1, 0.15) is 23.7 Å². The molecule has 1 aliphatic rings. The van der Waals surface area contributed by atoms with Crippen molar-refractivity contribution in [2.75, 3.05) is 19.7 Å². The van der Waals surface area contributed by atoms with Gasteiger partial charge in [-0.2, -0.15) is 4.98 Å². The van der Waals surface area contributed by atoms with Crippen LogP contribution in [-0.4, -0.2) is 39.8 Å². The molecule has 3 rings (SSSR count). The summed E-state index contributed by atoms with van der Waals surface area (Å²) in [6, 6.07) is 8.07. The van der Waals surface area contributed by atoms with Crippen LogP contribution in [-0.2, 0) is 13.2 Å². The number of benzene rings is 1. The highest BCUT2D eigenvalue weighted by Crippen LogP contribution is 2.20. The van der Waals surface area contributed by atoms with Gasteiger partial charge in [-0.1, -0.05) is 17.3 Å². The first-order chi connectivity index (χ1) is 10.7. The number of likely N-dealkylation sites (tertiary alicyclic amines) is 1. The van der Waals surface area contributed by atoms with E-state index in [2.05, 4.69) is 27.2 Å². The minimum absolute atomic E-state index is 0.291. The average molecular weight is 303 g/mol. The van der Waals surface area contributed by atoms with Gasteiger partial charge >= 0.3 is 0 Å². The molecular formula is C16H21N3O3. The second-order valence-corrected chi connectivity index (χ2v) is 5.73. The van der Waals surface area contributed by atoms with Gasteiger partial charge in [0.2, 0.25) is 11.7 Å². The Kier molecular flexibility index (Phi) is 4.70. The number of aliphatic hydroxyl groups excluding tert-OH is 1. The molecule has 0 spiro atoms. The Balaban J connectivity index is 1.50. The van der Waals surface area contributed by atoms with Gasteiger partial charge in [-0.3, -0.25) is 4.90 Å². The molecule has 2 aromatic rings. The van der Waals surface area contributed by atoms with Crippen LogP contribution in [0.3, 0.4) is 0 Å². The fourth-order valence-electron chi connectivity index (χ4n) is 2.70. The topological polar surface area (TPSA) is 71.6 Å². The van der Waals surface area contributed by atoms with Crippen LogP contribution in [0, 0.1) is 12.8 Å². The molecule has 1 unspecified atom stereocenters. The molecule has 6 nitrogen and oxygen atoms in total. The van der Waals surface area contributed by atoms with E-state index in [-0.39, 0.29) is 0 Å². The van der Waals surface area contributed by atoms with Gasteiger partial charge < -0.3 is 14.4 Å². The van der Waals surface area contributed by atoms with Crippen LogP contribution in [0.2, 0.25) is 0 Å². The largest absolute Gasteiger partial charge is 0.485 e. The molecule has 0 saturated carbocycles. The molecule has 1 aliphatic heterocycles. The van der Waals surface area contributed by atoms with Gasteiger partial charge in [0.1, 0.15) is 5.75 Å². The molecule has 22 heavy (non-hydrogen) atoms. The van der Waals surface area contributed by atoms with E-state index in [1.54, 1.807) is 6.92 Å². The molecular weight excluding hydrogens is 282 g/mol. The maximum atomic E-state index is 9.18.